The Morgan fingerprint density at radius 3 is 2.37 bits per heavy atom. The quantitative estimate of drug-likeness (QED) is 0.134. The summed E-state index contributed by atoms with van der Waals surface area (Å²) in [6.07, 6.45) is 8.50. The minimum absolute atomic E-state index is 0.0409. The summed E-state index contributed by atoms with van der Waals surface area (Å²) in [7, 11) is 5.04. The molecule has 2 aliphatic carbocycles. The molecule has 2 aliphatic heterocycles. The van der Waals surface area contributed by atoms with E-state index in [0.717, 1.165) is 12.8 Å². The highest BCUT2D eigenvalue weighted by molar-refractivity contribution is 6.18. The number of terminal acetylenes is 1. The summed E-state index contributed by atoms with van der Waals surface area (Å²) < 4.78 is 97.8. The number of fused-ring (bicyclic) bond motifs is 6. The lowest BCUT2D eigenvalue weighted by Gasteiger charge is -2.42. The molecule has 4 heterocycles. The van der Waals surface area contributed by atoms with E-state index in [4.69, 9.17) is 16.1 Å². The summed E-state index contributed by atoms with van der Waals surface area (Å²) in [5.41, 5.74) is -1.68. The summed E-state index contributed by atoms with van der Waals surface area (Å²) in [6.45, 7) is 0.703. The first-order valence-corrected chi connectivity index (χ1v) is 17.9. The van der Waals surface area contributed by atoms with E-state index in [1.54, 1.807) is 32.2 Å². The van der Waals surface area contributed by atoms with Gasteiger partial charge < -0.3 is 19.6 Å². The summed E-state index contributed by atoms with van der Waals surface area (Å²) in [4.78, 5) is 15.1. The fourth-order valence-electron chi connectivity index (χ4n) is 8.96. The van der Waals surface area contributed by atoms with Crippen LogP contribution in [0.2, 0.25) is 0 Å². The molecule has 3 aromatic carbocycles. The zero-order valence-corrected chi connectivity index (χ0v) is 29.8. The highest BCUT2D eigenvalue weighted by Crippen LogP contribution is 2.61. The molecule has 5 aromatic rings. The largest absolute Gasteiger partial charge is 0.508 e. The number of nitrogens with zero attached hydrogens (tertiary/aromatic N) is 7. The van der Waals surface area contributed by atoms with Crippen molar-refractivity contribution in [3.63, 3.8) is 0 Å². The van der Waals surface area contributed by atoms with Gasteiger partial charge in [0.25, 0.3) is 11.8 Å². The smallest absolute Gasteiger partial charge is 0.319 e. The van der Waals surface area contributed by atoms with Gasteiger partial charge in [-0.1, -0.05) is 12.0 Å². The molecule has 9 rings (SSSR count). The van der Waals surface area contributed by atoms with Gasteiger partial charge in [0.1, 0.15) is 35.0 Å². The molecule has 282 valence electrons. The number of piperazine rings is 1. The first-order chi connectivity index (χ1) is 25.6. The maximum absolute atomic E-state index is 17.6. The molecule has 0 spiro atoms. The number of anilines is 1. The van der Waals surface area contributed by atoms with Gasteiger partial charge >= 0.3 is 6.01 Å². The minimum Gasteiger partial charge on any atom is -0.508 e. The second-order valence-corrected chi connectivity index (χ2v) is 15.8. The van der Waals surface area contributed by atoms with Crippen LogP contribution in [0.3, 0.4) is 0 Å². The zero-order valence-electron chi connectivity index (χ0n) is 29.8. The highest BCUT2D eigenvalue weighted by atomic mass is 19.3. The standard InChI is InChI=1S/C39H37F6N7O2/c1-5-25-28(40)9-6-20-10-24(53)11-26(29(20)25)30-32(41)34-31(27-16-50(4)48-33(27)30)35(47-36(46-34)54-19-37(18-49(2)3)17-39(37,44)45)51-14-22-7-8-23(15-51)52(22)13-21-12-38(21,42)43/h1,6,9-11,16,21-23,53H,7-8,12-15,17-19H2,2-4H3/t21?,22-,23+,37-/m1/s1. The molecule has 2 bridgehead atoms. The van der Waals surface area contributed by atoms with Crippen molar-refractivity contribution in [3.8, 4) is 35.2 Å². The second kappa shape index (κ2) is 11.8. The van der Waals surface area contributed by atoms with E-state index in [2.05, 4.69) is 20.9 Å². The van der Waals surface area contributed by atoms with Crippen molar-refractivity contribution >= 4 is 38.4 Å². The number of benzene rings is 3. The summed E-state index contributed by atoms with van der Waals surface area (Å²) in [5, 5.41) is 16.7. The van der Waals surface area contributed by atoms with Crippen LogP contribution < -0.4 is 9.64 Å². The van der Waals surface area contributed by atoms with E-state index in [-0.39, 0.29) is 69.9 Å². The number of alkyl halides is 4. The number of aromatic hydroxyl groups is 1. The van der Waals surface area contributed by atoms with E-state index in [1.165, 1.54) is 28.9 Å². The Morgan fingerprint density at radius 2 is 1.74 bits per heavy atom. The van der Waals surface area contributed by atoms with Gasteiger partial charge in [-0.15, -0.1) is 6.42 Å². The average molecular weight is 750 g/mol. The number of ether oxygens (including phenoxy) is 1. The Labute approximate surface area is 306 Å². The number of phenolic OH excluding ortho intramolecular Hbond substituents is 1. The number of halogens is 6. The van der Waals surface area contributed by atoms with Crippen molar-refractivity contribution in [1.82, 2.24) is 29.5 Å². The van der Waals surface area contributed by atoms with Gasteiger partial charge in [0, 0.05) is 86.6 Å². The third-order valence-electron chi connectivity index (χ3n) is 11.7. The normalized spacial score (nSPS) is 25.6. The van der Waals surface area contributed by atoms with Crippen LogP contribution >= 0.6 is 0 Å². The molecule has 15 heteroatoms. The summed E-state index contributed by atoms with van der Waals surface area (Å²) >= 11 is 0. The summed E-state index contributed by atoms with van der Waals surface area (Å²) in [5.74, 6) is -5.47. The first-order valence-electron chi connectivity index (χ1n) is 17.9. The Balaban J connectivity index is 1.24. The van der Waals surface area contributed by atoms with Crippen LogP contribution in [0.1, 0.15) is 31.2 Å². The molecule has 1 unspecified atom stereocenters. The van der Waals surface area contributed by atoms with Gasteiger partial charge in [0.2, 0.25) is 0 Å². The van der Waals surface area contributed by atoms with Crippen LogP contribution in [-0.4, -0.2) is 105 Å². The monoisotopic (exact) mass is 749 g/mol. The van der Waals surface area contributed by atoms with Crippen LogP contribution in [0.15, 0.2) is 30.5 Å². The Hall–Kier alpha value is -4.81. The third kappa shape index (κ3) is 5.43. The molecule has 2 aromatic heterocycles. The fourth-order valence-corrected chi connectivity index (χ4v) is 8.96. The van der Waals surface area contributed by atoms with Crippen LogP contribution in [0.4, 0.5) is 32.2 Å². The predicted octanol–water partition coefficient (Wildman–Crippen LogP) is 6.58. The van der Waals surface area contributed by atoms with Gasteiger partial charge in [-0.2, -0.15) is 15.1 Å². The van der Waals surface area contributed by atoms with Crippen LogP contribution in [-0.2, 0) is 7.05 Å². The maximum atomic E-state index is 17.6. The SMILES string of the molecule is C#Cc1c(F)ccc2cc(O)cc(-c3c(F)c4nc(OC[C@]5(CN(C)C)CC5(F)F)nc(N5C[C@H]6CC[C@@H](C5)N6CC5CC5(F)F)c4c4cn(C)nc34)c12. The molecule has 1 N–H and O–H groups in total. The van der Waals surface area contributed by atoms with Gasteiger partial charge in [0.05, 0.1) is 16.4 Å². The van der Waals surface area contributed by atoms with E-state index in [1.807, 2.05) is 4.90 Å². The molecule has 2 saturated carbocycles. The Kier molecular flexibility index (Phi) is 7.66. The first kappa shape index (κ1) is 34.9. The highest BCUT2D eigenvalue weighted by Gasteiger charge is 2.71. The van der Waals surface area contributed by atoms with Crippen molar-refractivity contribution in [1.29, 1.82) is 0 Å². The number of rotatable bonds is 9. The van der Waals surface area contributed by atoms with Gasteiger partial charge in [-0.25, -0.2) is 26.3 Å². The van der Waals surface area contributed by atoms with Crippen molar-refractivity contribution < 1.29 is 36.2 Å². The van der Waals surface area contributed by atoms with Gasteiger partial charge in [-0.05, 0) is 56.1 Å². The number of aryl methyl sites for hydroxylation is 1. The predicted molar refractivity (Wildman–Crippen MR) is 191 cm³/mol. The maximum Gasteiger partial charge on any atom is 0.319 e. The van der Waals surface area contributed by atoms with Crippen molar-refractivity contribution in [2.24, 2.45) is 18.4 Å². The molecular weight excluding hydrogens is 712 g/mol. The van der Waals surface area contributed by atoms with Gasteiger partial charge in [-0.3, -0.25) is 9.58 Å². The number of hydrogen-bond donors (Lipinski definition) is 1. The molecule has 4 atom stereocenters. The van der Waals surface area contributed by atoms with Crippen molar-refractivity contribution in [2.45, 2.75) is 49.6 Å². The molecule has 0 radical (unpaired) electrons. The molecular formula is C39H37F6N7O2. The van der Waals surface area contributed by atoms with E-state index < -0.39 is 47.8 Å². The second-order valence-electron chi connectivity index (χ2n) is 15.8. The van der Waals surface area contributed by atoms with Crippen LogP contribution in [0, 0.1) is 35.3 Å². The zero-order chi connectivity index (χ0) is 38.1. The molecule has 4 aliphatic rings. The fraction of sp³-hybridized carbons (Fsp3) is 0.462. The lowest BCUT2D eigenvalue weighted by atomic mass is 9.91. The molecule has 4 fully saturated rings. The van der Waals surface area contributed by atoms with Gasteiger partial charge in [0.15, 0.2) is 5.82 Å². The van der Waals surface area contributed by atoms with Crippen LogP contribution in [0.25, 0.3) is 43.7 Å². The lowest BCUT2D eigenvalue weighted by Crippen LogP contribution is -2.54. The molecule has 54 heavy (non-hydrogen) atoms. The molecule has 2 saturated heterocycles. The Bertz CT molecular complexity index is 2410. The lowest BCUT2D eigenvalue weighted by molar-refractivity contribution is 0.0288. The van der Waals surface area contributed by atoms with E-state index in [9.17, 15) is 22.7 Å². The van der Waals surface area contributed by atoms with Crippen LogP contribution in [0.5, 0.6) is 11.8 Å². The average Bonchev–Trinajstić information content (AvgIpc) is 3.75. The molecule has 9 nitrogen and oxygen atoms in total. The van der Waals surface area contributed by atoms with E-state index >= 15 is 8.78 Å². The number of hydrogen-bond acceptors (Lipinski definition) is 8. The van der Waals surface area contributed by atoms with Crippen molar-refractivity contribution in [2.75, 3.05) is 51.8 Å². The third-order valence-corrected chi connectivity index (χ3v) is 11.7. The Morgan fingerprint density at radius 1 is 1.04 bits per heavy atom. The number of aromatic nitrogens is 4. The van der Waals surface area contributed by atoms with Crippen molar-refractivity contribution in [3.05, 3.63) is 47.7 Å². The molecule has 0 amide bonds. The van der Waals surface area contributed by atoms with E-state index in [0.29, 0.717) is 41.6 Å². The number of phenols is 1. The summed E-state index contributed by atoms with van der Waals surface area (Å²) in [6, 6.07) is 4.86. The minimum atomic E-state index is -2.98. The topological polar surface area (TPSA) is 82.8 Å².